The van der Waals surface area contributed by atoms with Gasteiger partial charge in [-0.05, 0) is 6.07 Å². The molecule has 3 rings (SSSR count). The van der Waals surface area contributed by atoms with Gasteiger partial charge in [0, 0.05) is 11.1 Å². The Balaban J connectivity index is 2.18. The van der Waals surface area contributed by atoms with E-state index in [1.807, 2.05) is 18.2 Å². The van der Waals surface area contributed by atoms with Crippen LogP contribution in [0.15, 0.2) is 24.4 Å². The van der Waals surface area contributed by atoms with Crippen LogP contribution in [-0.4, -0.2) is 23.4 Å². The fourth-order valence-corrected chi connectivity index (χ4v) is 1.80. The molecule has 0 saturated heterocycles. The number of nitrogen functional groups attached to an aromatic ring is 1. The van der Waals surface area contributed by atoms with E-state index in [0.29, 0.717) is 19.0 Å². The number of ether oxygens (including phenoxy) is 2. The van der Waals surface area contributed by atoms with Crippen molar-refractivity contribution in [2.75, 3.05) is 18.9 Å². The smallest absolute Gasteiger partial charge is 0.169 e. The van der Waals surface area contributed by atoms with Crippen LogP contribution >= 0.6 is 0 Å². The van der Waals surface area contributed by atoms with E-state index in [-0.39, 0.29) is 0 Å². The van der Waals surface area contributed by atoms with Gasteiger partial charge in [0.25, 0.3) is 0 Å². The van der Waals surface area contributed by atoms with Gasteiger partial charge < -0.3 is 15.2 Å². The molecule has 0 bridgehead atoms. The van der Waals surface area contributed by atoms with Crippen molar-refractivity contribution in [2.24, 2.45) is 0 Å². The molecule has 5 heteroatoms. The predicted molar refractivity (Wildman–Crippen MR) is 59.4 cm³/mol. The minimum absolute atomic E-state index is 0.530. The molecule has 0 atom stereocenters. The number of hydrogen-bond donors (Lipinski definition) is 2. The van der Waals surface area contributed by atoms with E-state index in [1.54, 1.807) is 6.20 Å². The van der Waals surface area contributed by atoms with E-state index in [0.717, 1.165) is 22.6 Å². The summed E-state index contributed by atoms with van der Waals surface area (Å²) in [5, 5.41) is 6.61. The fourth-order valence-electron chi connectivity index (χ4n) is 1.80. The molecule has 1 aliphatic rings. The molecule has 2 heterocycles. The second-order valence-electron chi connectivity index (χ2n) is 3.53. The van der Waals surface area contributed by atoms with Gasteiger partial charge in [0.05, 0.1) is 6.20 Å². The molecule has 0 saturated carbocycles. The molecule has 0 unspecified atom stereocenters. The molecule has 0 spiro atoms. The van der Waals surface area contributed by atoms with Gasteiger partial charge in [0.2, 0.25) is 0 Å². The maximum Gasteiger partial charge on any atom is 0.169 e. The summed E-state index contributed by atoms with van der Waals surface area (Å²) in [5.74, 6) is 2.02. The summed E-state index contributed by atoms with van der Waals surface area (Å²) in [6.45, 7) is 1.14. The van der Waals surface area contributed by atoms with Crippen LogP contribution in [0.1, 0.15) is 0 Å². The van der Waals surface area contributed by atoms with Gasteiger partial charge in [-0.2, -0.15) is 5.10 Å². The summed E-state index contributed by atoms with van der Waals surface area (Å²) in [5.41, 5.74) is 7.53. The first-order chi connectivity index (χ1) is 7.86. The highest BCUT2D eigenvalue weighted by Gasteiger charge is 2.18. The number of fused-ring (bicyclic) bond motifs is 1. The number of H-pyrrole nitrogens is 1. The molecule has 0 fully saturated rings. The van der Waals surface area contributed by atoms with Crippen LogP contribution in [0.25, 0.3) is 11.1 Å². The van der Waals surface area contributed by atoms with Crippen molar-refractivity contribution in [1.29, 1.82) is 0 Å². The topological polar surface area (TPSA) is 73.2 Å². The van der Waals surface area contributed by atoms with Crippen molar-refractivity contribution in [2.45, 2.75) is 0 Å². The van der Waals surface area contributed by atoms with Crippen molar-refractivity contribution in [3.8, 4) is 22.6 Å². The van der Waals surface area contributed by atoms with E-state index < -0.39 is 0 Å². The summed E-state index contributed by atoms with van der Waals surface area (Å²) >= 11 is 0. The number of anilines is 1. The van der Waals surface area contributed by atoms with Gasteiger partial charge in [-0.1, -0.05) is 12.1 Å². The highest BCUT2D eigenvalue weighted by Crippen LogP contribution is 2.40. The van der Waals surface area contributed by atoms with Crippen LogP contribution in [0.3, 0.4) is 0 Å². The summed E-state index contributed by atoms with van der Waals surface area (Å²) in [4.78, 5) is 0. The van der Waals surface area contributed by atoms with E-state index in [2.05, 4.69) is 10.2 Å². The number of rotatable bonds is 1. The lowest BCUT2D eigenvalue weighted by Crippen LogP contribution is -2.15. The zero-order valence-electron chi connectivity index (χ0n) is 8.56. The first-order valence-corrected chi connectivity index (χ1v) is 5.04. The molecule has 0 amide bonds. The molecule has 16 heavy (non-hydrogen) atoms. The lowest BCUT2D eigenvalue weighted by molar-refractivity contribution is 0.172. The minimum Gasteiger partial charge on any atom is -0.486 e. The van der Waals surface area contributed by atoms with Crippen molar-refractivity contribution in [1.82, 2.24) is 10.2 Å². The lowest BCUT2D eigenvalue weighted by Gasteiger charge is -2.20. The van der Waals surface area contributed by atoms with Gasteiger partial charge in [-0.3, -0.25) is 5.10 Å². The third-order valence-electron chi connectivity index (χ3n) is 2.53. The highest BCUT2D eigenvalue weighted by molar-refractivity contribution is 5.80. The number of aromatic amines is 1. The molecular weight excluding hydrogens is 206 g/mol. The predicted octanol–water partition coefficient (Wildman–Crippen LogP) is 1.43. The quantitative estimate of drug-likeness (QED) is 0.757. The molecule has 0 aliphatic carbocycles. The number of benzene rings is 1. The third-order valence-corrected chi connectivity index (χ3v) is 2.53. The van der Waals surface area contributed by atoms with Gasteiger partial charge in [-0.15, -0.1) is 0 Å². The van der Waals surface area contributed by atoms with E-state index in [4.69, 9.17) is 15.2 Å². The van der Waals surface area contributed by atoms with Crippen molar-refractivity contribution >= 4 is 5.82 Å². The van der Waals surface area contributed by atoms with Crippen LogP contribution < -0.4 is 15.2 Å². The summed E-state index contributed by atoms with van der Waals surface area (Å²) in [7, 11) is 0. The van der Waals surface area contributed by atoms with Crippen LogP contribution in [0.4, 0.5) is 5.82 Å². The first kappa shape index (κ1) is 9.08. The van der Waals surface area contributed by atoms with Crippen LogP contribution in [-0.2, 0) is 0 Å². The number of aromatic nitrogens is 2. The standard InChI is InChI=1S/C11H11N3O2/c12-11-8(6-13-14-11)7-2-1-3-9-10(7)16-5-4-15-9/h1-3,6H,4-5H2,(H3,12,13,14). The number of hydrogen-bond acceptors (Lipinski definition) is 4. The summed E-state index contributed by atoms with van der Waals surface area (Å²) < 4.78 is 11.1. The van der Waals surface area contributed by atoms with Crippen molar-refractivity contribution in [3.05, 3.63) is 24.4 Å². The van der Waals surface area contributed by atoms with Gasteiger partial charge >= 0.3 is 0 Å². The first-order valence-electron chi connectivity index (χ1n) is 5.04. The van der Waals surface area contributed by atoms with Gasteiger partial charge in [0.1, 0.15) is 19.0 Å². The Kier molecular flexibility index (Phi) is 1.96. The largest absolute Gasteiger partial charge is 0.486 e. The van der Waals surface area contributed by atoms with Crippen molar-refractivity contribution in [3.63, 3.8) is 0 Å². The third kappa shape index (κ3) is 1.29. The number of para-hydroxylation sites is 1. The van der Waals surface area contributed by atoms with E-state index >= 15 is 0 Å². The number of nitrogens with two attached hydrogens (primary N) is 1. The second kappa shape index (κ2) is 3.44. The zero-order chi connectivity index (χ0) is 11.0. The Hall–Kier alpha value is -2.17. The molecule has 82 valence electrons. The Morgan fingerprint density at radius 2 is 2.06 bits per heavy atom. The summed E-state index contributed by atoms with van der Waals surface area (Å²) in [6.07, 6.45) is 1.68. The minimum atomic E-state index is 0.530. The van der Waals surface area contributed by atoms with E-state index in [1.165, 1.54) is 0 Å². The highest BCUT2D eigenvalue weighted by atomic mass is 16.6. The molecular formula is C11H11N3O2. The lowest BCUT2D eigenvalue weighted by atomic mass is 10.1. The monoisotopic (exact) mass is 217 g/mol. The molecule has 2 aromatic rings. The molecule has 5 nitrogen and oxygen atoms in total. The Bertz CT molecular complexity index is 522. The normalized spacial score (nSPS) is 13.8. The van der Waals surface area contributed by atoms with E-state index in [9.17, 15) is 0 Å². The molecule has 1 aromatic heterocycles. The molecule has 1 aliphatic heterocycles. The molecule has 3 N–H and O–H groups in total. The van der Waals surface area contributed by atoms with Crippen molar-refractivity contribution < 1.29 is 9.47 Å². The SMILES string of the molecule is Nc1[nH]ncc1-c1cccc2c1OCCO2. The number of nitrogens with one attached hydrogen (secondary N) is 1. The van der Waals surface area contributed by atoms with Crippen LogP contribution in [0, 0.1) is 0 Å². The Labute approximate surface area is 92.2 Å². The maximum absolute atomic E-state index is 5.79. The zero-order valence-corrected chi connectivity index (χ0v) is 8.56. The maximum atomic E-state index is 5.79. The average molecular weight is 217 g/mol. The van der Waals surface area contributed by atoms with Gasteiger partial charge in [0.15, 0.2) is 11.5 Å². The second-order valence-corrected chi connectivity index (χ2v) is 3.53. The average Bonchev–Trinajstić information content (AvgIpc) is 2.75. The summed E-state index contributed by atoms with van der Waals surface area (Å²) in [6, 6.07) is 5.73. The molecule has 1 aromatic carbocycles. The van der Waals surface area contributed by atoms with Crippen LogP contribution in [0.2, 0.25) is 0 Å². The number of nitrogens with zero attached hydrogens (tertiary/aromatic N) is 1. The fraction of sp³-hybridized carbons (Fsp3) is 0.182. The Morgan fingerprint density at radius 3 is 2.88 bits per heavy atom. The van der Waals surface area contributed by atoms with Crippen LogP contribution in [0.5, 0.6) is 11.5 Å². The Morgan fingerprint density at radius 1 is 1.19 bits per heavy atom. The van der Waals surface area contributed by atoms with Gasteiger partial charge in [-0.25, -0.2) is 0 Å². The molecule has 0 radical (unpaired) electrons.